The minimum atomic E-state index is -3.69. The zero-order chi connectivity index (χ0) is 19.9. The molecule has 1 aliphatic rings. The number of aromatic nitrogens is 2. The van der Waals surface area contributed by atoms with Crippen LogP contribution in [-0.2, 0) is 10.0 Å². The van der Waals surface area contributed by atoms with Crippen LogP contribution in [0.2, 0.25) is 0 Å². The SMILES string of the molecule is CC(C)C(CO)NS(=O)(=O)c1ccc(-c2ccnc3[nH]c(C4CC4)cc23)cc1. The van der Waals surface area contributed by atoms with Gasteiger partial charge in [0.25, 0.3) is 0 Å². The summed E-state index contributed by atoms with van der Waals surface area (Å²) >= 11 is 0. The van der Waals surface area contributed by atoms with Gasteiger partial charge in [-0.2, -0.15) is 0 Å². The van der Waals surface area contributed by atoms with Gasteiger partial charge in [-0.25, -0.2) is 18.1 Å². The highest BCUT2D eigenvalue weighted by atomic mass is 32.2. The average Bonchev–Trinajstić information content (AvgIpc) is 3.44. The van der Waals surface area contributed by atoms with E-state index in [0.29, 0.717) is 5.92 Å². The van der Waals surface area contributed by atoms with Crippen LogP contribution < -0.4 is 4.72 Å². The van der Waals surface area contributed by atoms with Gasteiger partial charge >= 0.3 is 0 Å². The standard InChI is InChI=1S/C21H25N3O3S/c1-13(2)20(12-25)24-28(26,27)16-7-5-14(6-8-16)17-9-10-22-21-18(17)11-19(23-21)15-3-4-15/h5-11,13,15,20,24-25H,3-4,12H2,1-2H3,(H,22,23). The van der Waals surface area contributed by atoms with Gasteiger partial charge in [0.05, 0.1) is 11.5 Å². The Morgan fingerprint density at radius 2 is 1.93 bits per heavy atom. The van der Waals surface area contributed by atoms with Gasteiger partial charge in [0.15, 0.2) is 0 Å². The van der Waals surface area contributed by atoms with E-state index in [1.165, 1.54) is 18.5 Å². The molecule has 0 radical (unpaired) electrons. The van der Waals surface area contributed by atoms with E-state index in [1.54, 1.807) is 18.3 Å². The third-order valence-electron chi connectivity index (χ3n) is 5.35. The minimum Gasteiger partial charge on any atom is -0.395 e. The summed E-state index contributed by atoms with van der Waals surface area (Å²) in [6.07, 6.45) is 4.20. The lowest BCUT2D eigenvalue weighted by atomic mass is 10.0. The van der Waals surface area contributed by atoms with Crippen molar-refractivity contribution in [1.82, 2.24) is 14.7 Å². The first kappa shape index (κ1) is 19.1. The number of hydrogen-bond donors (Lipinski definition) is 3. The molecule has 1 aromatic carbocycles. The van der Waals surface area contributed by atoms with Gasteiger partial charge in [-0.15, -0.1) is 0 Å². The van der Waals surface area contributed by atoms with Crippen molar-refractivity contribution < 1.29 is 13.5 Å². The van der Waals surface area contributed by atoms with Crippen LogP contribution in [0.15, 0.2) is 47.5 Å². The third kappa shape index (κ3) is 3.70. The molecule has 1 aliphatic carbocycles. The lowest BCUT2D eigenvalue weighted by Crippen LogP contribution is -2.41. The maximum absolute atomic E-state index is 12.6. The van der Waals surface area contributed by atoms with Crippen molar-refractivity contribution >= 4 is 21.1 Å². The van der Waals surface area contributed by atoms with E-state index in [-0.39, 0.29) is 17.4 Å². The van der Waals surface area contributed by atoms with Gasteiger partial charge in [-0.3, -0.25) is 0 Å². The lowest BCUT2D eigenvalue weighted by molar-refractivity contribution is 0.227. The highest BCUT2D eigenvalue weighted by Gasteiger charge is 2.26. The number of H-pyrrole nitrogens is 1. The number of benzene rings is 1. The first-order chi connectivity index (χ1) is 13.4. The van der Waals surface area contributed by atoms with E-state index in [1.807, 2.05) is 32.0 Å². The fraction of sp³-hybridized carbons (Fsp3) is 0.381. The summed E-state index contributed by atoms with van der Waals surface area (Å²) in [6.45, 7) is 3.50. The van der Waals surface area contributed by atoms with Crippen LogP contribution in [0, 0.1) is 5.92 Å². The van der Waals surface area contributed by atoms with Crippen LogP contribution in [0.3, 0.4) is 0 Å². The van der Waals surface area contributed by atoms with E-state index in [0.717, 1.165) is 22.2 Å². The molecule has 4 rings (SSSR count). The number of aliphatic hydroxyl groups excluding tert-OH is 1. The van der Waals surface area contributed by atoms with Crippen LogP contribution >= 0.6 is 0 Å². The van der Waals surface area contributed by atoms with E-state index in [4.69, 9.17) is 0 Å². The largest absolute Gasteiger partial charge is 0.395 e. The Labute approximate surface area is 165 Å². The van der Waals surface area contributed by atoms with Crippen molar-refractivity contribution in [2.24, 2.45) is 5.92 Å². The molecule has 0 spiro atoms. The zero-order valence-electron chi connectivity index (χ0n) is 16.0. The fourth-order valence-electron chi connectivity index (χ4n) is 3.38. The van der Waals surface area contributed by atoms with Crippen LogP contribution in [-0.4, -0.2) is 36.1 Å². The van der Waals surface area contributed by atoms with E-state index in [2.05, 4.69) is 20.8 Å². The van der Waals surface area contributed by atoms with Crippen LogP contribution in [0.4, 0.5) is 0 Å². The number of aliphatic hydroxyl groups is 1. The summed E-state index contributed by atoms with van der Waals surface area (Å²) in [5, 5.41) is 10.5. The maximum atomic E-state index is 12.6. The monoisotopic (exact) mass is 399 g/mol. The molecule has 1 unspecified atom stereocenters. The molecule has 0 aliphatic heterocycles. The van der Waals surface area contributed by atoms with Crippen molar-refractivity contribution in [3.05, 3.63) is 48.3 Å². The number of nitrogens with one attached hydrogen (secondary N) is 2. The number of fused-ring (bicyclic) bond motifs is 1. The normalized spacial score (nSPS) is 16.0. The second-order valence-corrected chi connectivity index (χ2v) is 9.51. The topological polar surface area (TPSA) is 95.1 Å². The molecule has 1 atom stereocenters. The molecule has 6 nitrogen and oxygen atoms in total. The number of rotatable bonds is 7. The smallest absolute Gasteiger partial charge is 0.240 e. The molecule has 148 valence electrons. The molecule has 0 saturated heterocycles. The first-order valence-electron chi connectivity index (χ1n) is 9.60. The van der Waals surface area contributed by atoms with Crippen molar-refractivity contribution in [2.75, 3.05) is 6.61 Å². The molecular weight excluding hydrogens is 374 g/mol. The molecule has 1 saturated carbocycles. The quantitative estimate of drug-likeness (QED) is 0.567. The second-order valence-electron chi connectivity index (χ2n) is 7.80. The van der Waals surface area contributed by atoms with Crippen LogP contribution in [0.5, 0.6) is 0 Å². The highest BCUT2D eigenvalue weighted by Crippen LogP contribution is 2.41. The Bertz CT molecular complexity index is 1080. The molecule has 1 fully saturated rings. The lowest BCUT2D eigenvalue weighted by Gasteiger charge is -2.19. The Balaban J connectivity index is 1.64. The number of aromatic amines is 1. The van der Waals surface area contributed by atoms with Gasteiger partial charge in [0.1, 0.15) is 5.65 Å². The van der Waals surface area contributed by atoms with Gasteiger partial charge in [0.2, 0.25) is 10.0 Å². The summed E-state index contributed by atoms with van der Waals surface area (Å²) in [7, 11) is -3.69. The molecule has 0 bridgehead atoms. The number of nitrogens with zero attached hydrogens (tertiary/aromatic N) is 1. The summed E-state index contributed by atoms with van der Waals surface area (Å²) in [5.74, 6) is 0.611. The van der Waals surface area contributed by atoms with Gasteiger partial charge in [-0.1, -0.05) is 26.0 Å². The number of sulfonamides is 1. The second kappa shape index (κ2) is 7.31. The number of pyridine rings is 1. The van der Waals surface area contributed by atoms with Crippen LogP contribution in [0.25, 0.3) is 22.2 Å². The third-order valence-corrected chi connectivity index (χ3v) is 6.86. The molecule has 3 N–H and O–H groups in total. The van der Waals surface area contributed by atoms with Crippen molar-refractivity contribution in [2.45, 2.75) is 43.5 Å². The van der Waals surface area contributed by atoms with Crippen molar-refractivity contribution in [1.29, 1.82) is 0 Å². The van der Waals surface area contributed by atoms with Crippen molar-refractivity contribution in [3.63, 3.8) is 0 Å². The molecule has 2 heterocycles. The summed E-state index contributed by atoms with van der Waals surface area (Å²) < 4.78 is 27.8. The Morgan fingerprint density at radius 1 is 1.21 bits per heavy atom. The number of hydrogen-bond acceptors (Lipinski definition) is 4. The highest BCUT2D eigenvalue weighted by molar-refractivity contribution is 7.89. The van der Waals surface area contributed by atoms with E-state index < -0.39 is 16.1 Å². The van der Waals surface area contributed by atoms with E-state index >= 15 is 0 Å². The fourth-order valence-corrected chi connectivity index (χ4v) is 4.75. The predicted octanol–water partition coefficient (Wildman–Crippen LogP) is 3.40. The Hall–Kier alpha value is -2.22. The average molecular weight is 400 g/mol. The zero-order valence-corrected chi connectivity index (χ0v) is 16.8. The van der Waals surface area contributed by atoms with E-state index in [9.17, 15) is 13.5 Å². The Kier molecular flexibility index (Phi) is 4.99. The molecule has 28 heavy (non-hydrogen) atoms. The molecule has 7 heteroatoms. The summed E-state index contributed by atoms with van der Waals surface area (Å²) in [6, 6.07) is 10.4. The minimum absolute atomic E-state index is 0.00148. The predicted molar refractivity (Wildman–Crippen MR) is 110 cm³/mol. The first-order valence-corrected chi connectivity index (χ1v) is 11.1. The molecule has 2 aromatic heterocycles. The molecule has 3 aromatic rings. The van der Waals surface area contributed by atoms with Crippen molar-refractivity contribution in [3.8, 4) is 11.1 Å². The Morgan fingerprint density at radius 3 is 2.54 bits per heavy atom. The van der Waals surface area contributed by atoms with Crippen LogP contribution in [0.1, 0.15) is 38.3 Å². The maximum Gasteiger partial charge on any atom is 0.240 e. The molecular formula is C21H25N3O3S. The molecule has 0 amide bonds. The van der Waals surface area contributed by atoms with Gasteiger partial charge < -0.3 is 10.1 Å². The van der Waals surface area contributed by atoms with Gasteiger partial charge in [0, 0.05) is 23.3 Å². The summed E-state index contributed by atoms with van der Waals surface area (Å²) in [5.41, 5.74) is 4.05. The van der Waals surface area contributed by atoms with Gasteiger partial charge in [-0.05, 0) is 60.1 Å². The summed E-state index contributed by atoms with van der Waals surface area (Å²) in [4.78, 5) is 8.02.